The molecule has 0 radical (unpaired) electrons. The Morgan fingerprint density at radius 2 is 2.06 bits per heavy atom. The van der Waals surface area contributed by atoms with Crippen LogP contribution in [-0.4, -0.2) is 32.9 Å². The van der Waals surface area contributed by atoms with Gasteiger partial charge in [0.2, 0.25) is 0 Å². The Kier molecular flexibility index (Phi) is 5.34. The summed E-state index contributed by atoms with van der Waals surface area (Å²) in [7, 11) is -2.96. The maximum atomic E-state index is 11.9. The van der Waals surface area contributed by atoms with E-state index in [2.05, 4.69) is 21.2 Å². The van der Waals surface area contributed by atoms with Crippen LogP contribution in [0.15, 0.2) is 22.7 Å². The van der Waals surface area contributed by atoms with Crippen molar-refractivity contribution >= 4 is 31.7 Å². The molecule has 0 bridgehead atoms. The lowest BCUT2D eigenvalue weighted by Crippen LogP contribution is -2.26. The molecule has 6 heteroatoms. The molecule has 1 amide bonds. The second-order valence-corrected chi connectivity index (χ2v) is 7.27. The van der Waals surface area contributed by atoms with Crippen LogP contribution in [0.4, 0.5) is 0 Å². The van der Waals surface area contributed by atoms with Crippen molar-refractivity contribution in [3.05, 3.63) is 33.8 Å². The number of benzene rings is 1. The average molecular weight is 334 g/mol. The summed E-state index contributed by atoms with van der Waals surface area (Å²) in [6, 6.07) is 5.41. The number of sulfone groups is 1. The monoisotopic (exact) mass is 333 g/mol. The third kappa shape index (κ3) is 4.78. The molecule has 0 saturated heterocycles. The van der Waals surface area contributed by atoms with Crippen molar-refractivity contribution < 1.29 is 13.2 Å². The van der Waals surface area contributed by atoms with E-state index >= 15 is 0 Å². The molecule has 0 saturated carbocycles. The van der Waals surface area contributed by atoms with Gasteiger partial charge in [0.05, 0.1) is 5.75 Å². The van der Waals surface area contributed by atoms with Crippen LogP contribution in [-0.2, 0) is 9.84 Å². The number of carbonyl (C=O) groups excluding carboxylic acids is 1. The van der Waals surface area contributed by atoms with E-state index in [0.29, 0.717) is 18.5 Å². The highest BCUT2D eigenvalue weighted by Crippen LogP contribution is 2.19. The fourth-order valence-electron chi connectivity index (χ4n) is 1.48. The Morgan fingerprint density at radius 1 is 1.39 bits per heavy atom. The summed E-state index contributed by atoms with van der Waals surface area (Å²) in [5.74, 6) is -0.0904. The number of hydrogen-bond acceptors (Lipinski definition) is 3. The Hall–Kier alpha value is -0.880. The number of halogens is 1. The molecule has 0 aromatic heterocycles. The van der Waals surface area contributed by atoms with Gasteiger partial charge in [-0.25, -0.2) is 8.42 Å². The van der Waals surface area contributed by atoms with Crippen molar-refractivity contribution in [1.29, 1.82) is 0 Å². The van der Waals surface area contributed by atoms with Gasteiger partial charge in [0.25, 0.3) is 5.91 Å². The first-order valence-electron chi connectivity index (χ1n) is 5.52. The van der Waals surface area contributed by atoms with Crippen LogP contribution >= 0.6 is 15.9 Å². The van der Waals surface area contributed by atoms with E-state index in [-0.39, 0.29) is 11.7 Å². The molecule has 0 fully saturated rings. The lowest BCUT2D eigenvalue weighted by molar-refractivity contribution is 0.0953. The maximum Gasteiger partial charge on any atom is 0.251 e. The Labute approximate surface area is 116 Å². The van der Waals surface area contributed by atoms with Crippen LogP contribution in [0.2, 0.25) is 0 Å². The third-order valence-electron chi connectivity index (χ3n) is 2.49. The first-order chi connectivity index (χ1) is 8.31. The van der Waals surface area contributed by atoms with Gasteiger partial charge in [-0.3, -0.25) is 4.79 Å². The number of amides is 1. The van der Waals surface area contributed by atoms with E-state index in [1.165, 1.54) is 6.26 Å². The summed E-state index contributed by atoms with van der Waals surface area (Å²) in [6.45, 7) is 2.22. The van der Waals surface area contributed by atoms with Gasteiger partial charge in [0, 0.05) is 22.8 Å². The van der Waals surface area contributed by atoms with Crippen LogP contribution < -0.4 is 5.32 Å². The number of rotatable bonds is 5. The first-order valence-corrected chi connectivity index (χ1v) is 8.37. The smallest absolute Gasteiger partial charge is 0.251 e. The van der Waals surface area contributed by atoms with E-state index in [0.717, 1.165) is 10.0 Å². The highest BCUT2D eigenvalue weighted by molar-refractivity contribution is 9.10. The zero-order chi connectivity index (χ0) is 13.8. The minimum Gasteiger partial charge on any atom is -0.352 e. The lowest BCUT2D eigenvalue weighted by Gasteiger charge is -2.08. The molecule has 100 valence electrons. The van der Waals surface area contributed by atoms with E-state index in [9.17, 15) is 13.2 Å². The lowest BCUT2D eigenvalue weighted by atomic mass is 10.1. The van der Waals surface area contributed by atoms with Gasteiger partial charge in [0.15, 0.2) is 0 Å². The predicted octanol–water partition coefficient (Wildman–Crippen LogP) is 1.92. The normalized spacial score (nSPS) is 11.3. The molecular formula is C12H16BrNO3S. The molecule has 0 aliphatic rings. The van der Waals surface area contributed by atoms with Gasteiger partial charge in [-0.2, -0.15) is 0 Å². The fourth-order valence-corrected chi connectivity index (χ4v) is 2.52. The maximum absolute atomic E-state index is 11.9. The third-order valence-corrected chi connectivity index (χ3v) is 4.38. The van der Waals surface area contributed by atoms with E-state index in [4.69, 9.17) is 0 Å². The summed E-state index contributed by atoms with van der Waals surface area (Å²) in [5, 5.41) is 2.72. The van der Waals surface area contributed by atoms with Gasteiger partial charge in [0.1, 0.15) is 9.84 Å². The van der Waals surface area contributed by atoms with Crippen molar-refractivity contribution in [2.45, 2.75) is 13.3 Å². The van der Waals surface area contributed by atoms with Crippen molar-refractivity contribution in [2.75, 3.05) is 18.6 Å². The number of nitrogens with one attached hydrogen (secondary N) is 1. The second kappa shape index (κ2) is 6.33. The molecule has 18 heavy (non-hydrogen) atoms. The highest BCUT2D eigenvalue weighted by atomic mass is 79.9. The molecule has 4 nitrogen and oxygen atoms in total. The zero-order valence-corrected chi connectivity index (χ0v) is 12.8. The van der Waals surface area contributed by atoms with Gasteiger partial charge < -0.3 is 5.32 Å². The Bertz CT molecular complexity index is 540. The first kappa shape index (κ1) is 15.2. The molecular weight excluding hydrogens is 318 g/mol. The SMILES string of the molecule is Cc1c(Br)cccc1C(=O)NCCCS(C)(=O)=O. The molecule has 1 aromatic rings. The summed E-state index contributed by atoms with van der Waals surface area (Å²) < 4.78 is 22.7. The highest BCUT2D eigenvalue weighted by Gasteiger charge is 2.10. The minimum absolute atomic E-state index is 0.0880. The van der Waals surface area contributed by atoms with Crippen molar-refractivity contribution in [3.63, 3.8) is 0 Å². The zero-order valence-electron chi connectivity index (χ0n) is 10.4. The van der Waals surface area contributed by atoms with E-state index in [1.807, 2.05) is 13.0 Å². The van der Waals surface area contributed by atoms with Crippen LogP contribution in [0, 0.1) is 6.92 Å². The van der Waals surface area contributed by atoms with Crippen LogP contribution in [0.5, 0.6) is 0 Å². The second-order valence-electron chi connectivity index (χ2n) is 4.15. The standard InChI is InChI=1S/C12H16BrNO3S/c1-9-10(5-3-6-11(9)13)12(15)14-7-4-8-18(2,16)17/h3,5-6H,4,7-8H2,1-2H3,(H,14,15). The molecule has 1 aromatic carbocycles. The molecule has 0 unspecified atom stereocenters. The van der Waals surface area contributed by atoms with Gasteiger partial charge in [-0.15, -0.1) is 0 Å². The van der Waals surface area contributed by atoms with Crippen molar-refractivity contribution in [3.8, 4) is 0 Å². The average Bonchev–Trinajstić information content (AvgIpc) is 2.26. The van der Waals surface area contributed by atoms with Gasteiger partial charge in [-0.05, 0) is 31.0 Å². The molecule has 0 heterocycles. The number of hydrogen-bond donors (Lipinski definition) is 1. The predicted molar refractivity (Wildman–Crippen MR) is 75.5 cm³/mol. The summed E-state index contributed by atoms with van der Waals surface area (Å²) in [4.78, 5) is 11.9. The Morgan fingerprint density at radius 3 is 2.67 bits per heavy atom. The largest absolute Gasteiger partial charge is 0.352 e. The van der Waals surface area contributed by atoms with Crippen molar-refractivity contribution in [1.82, 2.24) is 5.32 Å². The fraction of sp³-hybridized carbons (Fsp3) is 0.417. The van der Waals surface area contributed by atoms with Crippen LogP contribution in [0.1, 0.15) is 22.3 Å². The summed E-state index contributed by atoms with van der Waals surface area (Å²) >= 11 is 3.36. The summed E-state index contributed by atoms with van der Waals surface area (Å²) in [5.41, 5.74) is 1.47. The van der Waals surface area contributed by atoms with Crippen LogP contribution in [0.3, 0.4) is 0 Å². The molecule has 0 spiro atoms. The van der Waals surface area contributed by atoms with Crippen LogP contribution in [0.25, 0.3) is 0 Å². The quantitative estimate of drug-likeness (QED) is 0.837. The molecule has 0 aliphatic heterocycles. The van der Waals surface area contributed by atoms with Crippen molar-refractivity contribution in [2.24, 2.45) is 0 Å². The minimum atomic E-state index is -2.96. The number of carbonyl (C=O) groups is 1. The molecule has 0 atom stereocenters. The summed E-state index contributed by atoms with van der Waals surface area (Å²) in [6.07, 6.45) is 1.62. The van der Waals surface area contributed by atoms with Gasteiger partial charge >= 0.3 is 0 Å². The molecule has 1 rings (SSSR count). The van der Waals surface area contributed by atoms with E-state index < -0.39 is 9.84 Å². The Balaban J connectivity index is 2.54. The molecule has 1 N–H and O–H groups in total. The molecule has 0 aliphatic carbocycles. The topological polar surface area (TPSA) is 63.2 Å². The van der Waals surface area contributed by atoms with E-state index in [1.54, 1.807) is 12.1 Å². The van der Waals surface area contributed by atoms with Gasteiger partial charge in [-0.1, -0.05) is 22.0 Å².